The van der Waals surface area contributed by atoms with Gasteiger partial charge >= 0.3 is 5.97 Å². The Morgan fingerprint density at radius 3 is 2.27 bits per heavy atom. The second kappa shape index (κ2) is 10.6. The molecule has 2 atom stereocenters. The second-order valence-corrected chi connectivity index (χ2v) is 7.61. The molecule has 0 aliphatic carbocycles. The number of hydrogen-bond donors (Lipinski definition) is 0. The van der Waals surface area contributed by atoms with Crippen molar-refractivity contribution in [2.75, 3.05) is 0 Å². The average molecular weight is 309 g/mol. The molecule has 0 aromatic carbocycles. The smallest absolute Gasteiger partial charge is 0.331 e. The molecule has 0 heterocycles. The highest BCUT2D eigenvalue weighted by Gasteiger charge is 2.14. The molecule has 2 heteroatoms. The summed E-state index contributed by atoms with van der Waals surface area (Å²) in [6.07, 6.45) is 12.0. The van der Waals surface area contributed by atoms with Gasteiger partial charge in [-0.05, 0) is 51.5 Å². The van der Waals surface area contributed by atoms with Crippen LogP contribution in [0.4, 0.5) is 0 Å². The van der Waals surface area contributed by atoms with Crippen molar-refractivity contribution in [2.45, 2.75) is 86.2 Å². The maximum absolute atomic E-state index is 11.7. The number of carbonyl (C=O) groups excluding carboxylic acids is 1. The lowest BCUT2D eigenvalue weighted by Gasteiger charge is -2.18. The van der Waals surface area contributed by atoms with Crippen LogP contribution in [0.25, 0.3) is 0 Å². The van der Waals surface area contributed by atoms with Gasteiger partial charge < -0.3 is 4.74 Å². The zero-order valence-electron chi connectivity index (χ0n) is 15.7. The van der Waals surface area contributed by atoms with Crippen molar-refractivity contribution in [3.63, 3.8) is 0 Å². The van der Waals surface area contributed by atoms with E-state index in [1.165, 1.54) is 25.7 Å². The van der Waals surface area contributed by atoms with Gasteiger partial charge in [-0.3, -0.25) is 0 Å². The van der Waals surface area contributed by atoms with E-state index in [2.05, 4.69) is 26.8 Å². The van der Waals surface area contributed by atoms with Crippen molar-refractivity contribution in [1.29, 1.82) is 0 Å². The Labute approximate surface area is 138 Å². The summed E-state index contributed by atoms with van der Waals surface area (Å²) in [4.78, 5) is 11.7. The van der Waals surface area contributed by atoms with Crippen LogP contribution in [0.3, 0.4) is 0 Å². The maximum Gasteiger partial charge on any atom is 0.331 e. The second-order valence-electron chi connectivity index (χ2n) is 7.61. The van der Waals surface area contributed by atoms with Crippen LogP contribution < -0.4 is 0 Å². The number of rotatable bonds is 9. The van der Waals surface area contributed by atoms with E-state index in [1.807, 2.05) is 33.8 Å². The van der Waals surface area contributed by atoms with E-state index in [-0.39, 0.29) is 5.97 Å². The van der Waals surface area contributed by atoms with Gasteiger partial charge in [0.2, 0.25) is 0 Å². The highest BCUT2D eigenvalue weighted by atomic mass is 16.6. The molecule has 0 amide bonds. The van der Waals surface area contributed by atoms with E-state index in [0.29, 0.717) is 5.92 Å². The van der Waals surface area contributed by atoms with Gasteiger partial charge in [0.05, 0.1) is 0 Å². The Hall–Kier alpha value is -1.05. The largest absolute Gasteiger partial charge is 0.457 e. The van der Waals surface area contributed by atoms with Crippen LogP contribution in [-0.2, 0) is 9.53 Å². The van der Waals surface area contributed by atoms with Gasteiger partial charge in [0.15, 0.2) is 0 Å². The molecule has 0 aliphatic heterocycles. The zero-order chi connectivity index (χ0) is 17.2. The summed E-state index contributed by atoms with van der Waals surface area (Å²) in [5, 5.41) is 0. The highest BCUT2D eigenvalue weighted by Crippen LogP contribution is 2.17. The van der Waals surface area contributed by atoms with Crippen LogP contribution in [0.15, 0.2) is 23.8 Å². The molecule has 0 spiro atoms. The fraction of sp³-hybridized carbons (Fsp3) is 0.750. The molecule has 0 N–H and O–H groups in total. The topological polar surface area (TPSA) is 26.3 Å². The lowest BCUT2D eigenvalue weighted by molar-refractivity contribution is -0.148. The van der Waals surface area contributed by atoms with E-state index in [9.17, 15) is 4.79 Å². The quantitative estimate of drug-likeness (QED) is 0.293. The molecule has 0 fully saturated rings. The van der Waals surface area contributed by atoms with Gasteiger partial charge in [0, 0.05) is 6.08 Å². The number of esters is 1. The van der Waals surface area contributed by atoms with E-state index >= 15 is 0 Å². The number of ether oxygens (including phenoxy) is 1. The minimum Gasteiger partial charge on any atom is -0.457 e. The summed E-state index contributed by atoms with van der Waals surface area (Å²) >= 11 is 0. The third kappa shape index (κ3) is 12.7. The summed E-state index contributed by atoms with van der Waals surface area (Å²) in [5.74, 6) is 1.28. The van der Waals surface area contributed by atoms with Crippen molar-refractivity contribution in [2.24, 2.45) is 11.8 Å². The standard InChI is InChI=1S/C20H36O2/c1-8-16(2)11-9-12-17(3)13-10-14-18(4)15-19(21)22-20(5,6)7/h10,14-17H,8-9,11-13H2,1-7H3. The molecule has 0 aromatic rings. The van der Waals surface area contributed by atoms with Crippen molar-refractivity contribution in [3.8, 4) is 0 Å². The summed E-state index contributed by atoms with van der Waals surface area (Å²) in [7, 11) is 0. The van der Waals surface area contributed by atoms with Gasteiger partial charge in [-0.2, -0.15) is 0 Å². The fourth-order valence-electron chi connectivity index (χ4n) is 2.19. The zero-order valence-corrected chi connectivity index (χ0v) is 15.7. The lowest BCUT2D eigenvalue weighted by atomic mass is 9.95. The van der Waals surface area contributed by atoms with Crippen LogP contribution in [-0.4, -0.2) is 11.6 Å². The molecule has 128 valence electrons. The molecule has 2 nitrogen and oxygen atoms in total. The molecular weight excluding hydrogens is 272 g/mol. The lowest BCUT2D eigenvalue weighted by Crippen LogP contribution is -2.22. The monoisotopic (exact) mass is 308 g/mol. The number of hydrogen-bond acceptors (Lipinski definition) is 2. The molecule has 0 saturated carbocycles. The molecule has 22 heavy (non-hydrogen) atoms. The Morgan fingerprint density at radius 2 is 1.73 bits per heavy atom. The van der Waals surface area contributed by atoms with Crippen LogP contribution >= 0.6 is 0 Å². The Kier molecular flexibility index (Phi) is 10.1. The molecule has 0 radical (unpaired) electrons. The summed E-state index contributed by atoms with van der Waals surface area (Å²) in [5.41, 5.74) is 0.517. The molecule has 2 unspecified atom stereocenters. The minimum absolute atomic E-state index is 0.267. The van der Waals surface area contributed by atoms with Gasteiger partial charge in [0.1, 0.15) is 5.60 Å². The van der Waals surface area contributed by atoms with Crippen LogP contribution in [0, 0.1) is 11.8 Å². The molecule has 0 rings (SSSR count). The first kappa shape index (κ1) is 20.9. The average Bonchev–Trinajstić information content (AvgIpc) is 2.35. The highest BCUT2D eigenvalue weighted by molar-refractivity contribution is 5.83. The van der Waals surface area contributed by atoms with E-state index < -0.39 is 5.60 Å². The van der Waals surface area contributed by atoms with E-state index in [0.717, 1.165) is 17.9 Å². The first-order valence-electron chi connectivity index (χ1n) is 8.71. The molecule has 0 aliphatic rings. The third-order valence-electron chi connectivity index (χ3n) is 3.76. The van der Waals surface area contributed by atoms with Gasteiger partial charge in [0.25, 0.3) is 0 Å². The molecule has 0 aromatic heterocycles. The first-order valence-corrected chi connectivity index (χ1v) is 8.71. The number of carbonyl (C=O) groups is 1. The SMILES string of the molecule is CCC(C)CCCC(C)CC=CC(C)=CC(=O)OC(C)(C)C. The summed E-state index contributed by atoms with van der Waals surface area (Å²) in [6, 6.07) is 0. The Bertz CT molecular complexity index is 372. The van der Waals surface area contributed by atoms with Crippen molar-refractivity contribution in [3.05, 3.63) is 23.8 Å². The third-order valence-corrected chi connectivity index (χ3v) is 3.76. The predicted octanol–water partition coefficient (Wildman–Crippen LogP) is 6.07. The van der Waals surface area contributed by atoms with Crippen LogP contribution in [0.2, 0.25) is 0 Å². The maximum atomic E-state index is 11.7. The van der Waals surface area contributed by atoms with Crippen molar-refractivity contribution >= 4 is 5.97 Å². The molecule has 0 bridgehead atoms. The summed E-state index contributed by atoms with van der Waals surface area (Å²) in [6.45, 7) is 14.5. The minimum atomic E-state index is -0.429. The van der Waals surface area contributed by atoms with Crippen LogP contribution in [0.1, 0.15) is 80.6 Å². The Morgan fingerprint density at radius 1 is 1.14 bits per heavy atom. The van der Waals surface area contributed by atoms with Gasteiger partial charge in [-0.1, -0.05) is 58.6 Å². The van der Waals surface area contributed by atoms with Gasteiger partial charge in [-0.15, -0.1) is 0 Å². The van der Waals surface area contributed by atoms with E-state index in [4.69, 9.17) is 4.74 Å². The fourth-order valence-corrected chi connectivity index (χ4v) is 2.19. The molecule has 0 saturated heterocycles. The molecular formula is C20H36O2. The van der Waals surface area contributed by atoms with Crippen molar-refractivity contribution in [1.82, 2.24) is 0 Å². The van der Waals surface area contributed by atoms with Crippen LogP contribution in [0.5, 0.6) is 0 Å². The van der Waals surface area contributed by atoms with Gasteiger partial charge in [-0.25, -0.2) is 4.79 Å². The number of allylic oxidation sites excluding steroid dienone is 3. The predicted molar refractivity (Wildman–Crippen MR) is 95.8 cm³/mol. The normalized spacial score (nSPS) is 15.9. The van der Waals surface area contributed by atoms with E-state index in [1.54, 1.807) is 6.08 Å². The van der Waals surface area contributed by atoms with Crippen molar-refractivity contribution < 1.29 is 9.53 Å². The summed E-state index contributed by atoms with van der Waals surface area (Å²) < 4.78 is 5.27. The first-order chi connectivity index (χ1) is 10.1. The Balaban J connectivity index is 4.07.